The van der Waals surface area contributed by atoms with Crippen LogP contribution in [0.25, 0.3) is 11.2 Å². The number of nitrogens with zero attached hydrogens (tertiary/aromatic N) is 4. The molecule has 0 radical (unpaired) electrons. The number of aliphatic hydroxyl groups excluding tert-OH is 5. The maximum atomic E-state index is 10.3. The van der Waals surface area contributed by atoms with Gasteiger partial charge in [-0.05, 0) is 6.92 Å². The van der Waals surface area contributed by atoms with Crippen molar-refractivity contribution in [2.24, 2.45) is 0 Å². The molecule has 0 aliphatic carbocycles. The largest absolute Gasteiger partial charge is 0.394 e. The van der Waals surface area contributed by atoms with Crippen LogP contribution < -0.4 is 0 Å². The molecular formula is C13H18N4O6. The lowest BCUT2D eigenvalue weighted by Crippen LogP contribution is -2.47. The van der Waals surface area contributed by atoms with E-state index in [9.17, 15) is 25.5 Å². The first kappa shape index (κ1) is 16.2. The second kappa shape index (κ2) is 6.07. The Balaban J connectivity index is 2.06. The van der Waals surface area contributed by atoms with Crippen molar-refractivity contribution in [1.29, 1.82) is 0 Å². The first-order valence-electron chi connectivity index (χ1n) is 7.08. The van der Waals surface area contributed by atoms with Crippen molar-refractivity contribution in [2.75, 3.05) is 6.61 Å². The van der Waals surface area contributed by atoms with Crippen LogP contribution in [0, 0.1) is 6.92 Å². The average molecular weight is 326 g/mol. The summed E-state index contributed by atoms with van der Waals surface area (Å²) < 4.78 is 6.88. The molecule has 0 aromatic carbocycles. The Hall–Kier alpha value is -1.69. The quantitative estimate of drug-likeness (QED) is 0.402. The molecule has 10 nitrogen and oxygen atoms in total. The molecule has 126 valence electrons. The number of ether oxygens (including phenoxy) is 1. The minimum absolute atomic E-state index is 0.358. The van der Waals surface area contributed by atoms with E-state index in [0.717, 1.165) is 0 Å². The summed E-state index contributed by atoms with van der Waals surface area (Å²) >= 11 is 0. The minimum atomic E-state index is -1.67. The van der Waals surface area contributed by atoms with E-state index in [4.69, 9.17) is 4.74 Å². The van der Waals surface area contributed by atoms with Gasteiger partial charge in [-0.25, -0.2) is 15.0 Å². The van der Waals surface area contributed by atoms with Gasteiger partial charge in [0.05, 0.1) is 18.6 Å². The van der Waals surface area contributed by atoms with Crippen LogP contribution >= 0.6 is 0 Å². The third-order valence-corrected chi connectivity index (χ3v) is 4.03. The van der Waals surface area contributed by atoms with Crippen molar-refractivity contribution in [3.05, 3.63) is 18.3 Å². The first-order chi connectivity index (χ1) is 11.0. The minimum Gasteiger partial charge on any atom is -0.394 e. The number of hydrogen-bond donors (Lipinski definition) is 5. The number of aliphatic hydroxyl groups is 5. The van der Waals surface area contributed by atoms with Crippen molar-refractivity contribution < 1.29 is 30.3 Å². The van der Waals surface area contributed by atoms with Crippen molar-refractivity contribution in [3.8, 4) is 0 Å². The molecular weight excluding hydrogens is 308 g/mol. The van der Waals surface area contributed by atoms with E-state index in [2.05, 4.69) is 15.0 Å². The Morgan fingerprint density at radius 1 is 1.04 bits per heavy atom. The third kappa shape index (κ3) is 2.59. The van der Waals surface area contributed by atoms with Gasteiger partial charge in [0.15, 0.2) is 11.9 Å². The third-order valence-electron chi connectivity index (χ3n) is 4.03. The summed E-state index contributed by atoms with van der Waals surface area (Å²) in [6, 6.07) is 0. The first-order valence-corrected chi connectivity index (χ1v) is 7.08. The Labute approximate surface area is 130 Å². The summed E-state index contributed by atoms with van der Waals surface area (Å²) in [5.41, 5.74) is 1.47. The molecule has 3 rings (SSSR count). The smallest absolute Gasteiger partial charge is 0.165 e. The van der Waals surface area contributed by atoms with Crippen LogP contribution in [0.5, 0.6) is 0 Å². The van der Waals surface area contributed by atoms with Gasteiger partial charge in [0.2, 0.25) is 0 Å². The molecule has 1 fully saturated rings. The highest BCUT2D eigenvalue weighted by atomic mass is 16.6. The summed E-state index contributed by atoms with van der Waals surface area (Å²) in [5, 5.41) is 49.4. The van der Waals surface area contributed by atoms with E-state index in [1.54, 1.807) is 6.92 Å². The van der Waals surface area contributed by atoms with Gasteiger partial charge in [0.1, 0.15) is 42.4 Å². The summed E-state index contributed by atoms with van der Waals surface area (Å²) in [7, 11) is 0. The molecule has 1 saturated heterocycles. The van der Waals surface area contributed by atoms with Gasteiger partial charge in [-0.15, -0.1) is 0 Å². The van der Waals surface area contributed by atoms with E-state index < -0.39 is 43.4 Å². The number of imidazole rings is 1. The molecule has 0 amide bonds. The molecule has 0 spiro atoms. The molecule has 10 heteroatoms. The second-order valence-electron chi connectivity index (χ2n) is 5.49. The lowest BCUT2D eigenvalue weighted by Gasteiger charge is -2.26. The normalized spacial score (nSPS) is 35.4. The summed E-state index contributed by atoms with van der Waals surface area (Å²) in [6.07, 6.45) is -6.18. The van der Waals surface area contributed by atoms with E-state index in [-0.39, 0.29) is 0 Å². The van der Waals surface area contributed by atoms with Crippen molar-refractivity contribution in [1.82, 2.24) is 19.5 Å². The van der Waals surface area contributed by atoms with E-state index >= 15 is 0 Å². The number of aryl methyl sites for hydroxylation is 1. The lowest BCUT2D eigenvalue weighted by atomic mass is 10.0. The standard InChI is InChI=1S/C13H18N4O6/c1-5-7-12(15-3-14-5)17(4-16-7)13-11(22)10(21)9(20)8(19)6(2-18)23-13/h3-4,6,8-11,13,18-22H,2H2,1H3/t6-,8-,9+,10-,11-,13-/m1/s1. The SMILES string of the molecule is Cc1ncnc2c1ncn2[C@@H]1O[C@H](CO)[C@@H](O)[C@H](O)[C@@H](O)[C@H]1O. The molecule has 0 saturated carbocycles. The highest BCUT2D eigenvalue weighted by Gasteiger charge is 2.45. The van der Waals surface area contributed by atoms with Gasteiger partial charge < -0.3 is 30.3 Å². The van der Waals surface area contributed by atoms with Crippen LogP contribution in [0.4, 0.5) is 0 Å². The molecule has 2 aromatic heterocycles. The number of rotatable bonds is 2. The van der Waals surface area contributed by atoms with Crippen LogP contribution in [0.15, 0.2) is 12.7 Å². The zero-order chi connectivity index (χ0) is 16.7. The van der Waals surface area contributed by atoms with Gasteiger partial charge >= 0.3 is 0 Å². The highest BCUT2D eigenvalue weighted by molar-refractivity contribution is 5.72. The number of fused-ring (bicyclic) bond motifs is 1. The zero-order valence-corrected chi connectivity index (χ0v) is 12.3. The van der Waals surface area contributed by atoms with Gasteiger partial charge in [0.25, 0.3) is 0 Å². The molecule has 23 heavy (non-hydrogen) atoms. The maximum Gasteiger partial charge on any atom is 0.165 e. The summed E-state index contributed by atoms with van der Waals surface area (Å²) in [5.74, 6) is 0. The van der Waals surface area contributed by atoms with E-state index in [1.807, 2.05) is 0 Å². The number of aromatic nitrogens is 4. The molecule has 1 aliphatic rings. The van der Waals surface area contributed by atoms with Gasteiger partial charge in [-0.1, -0.05) is 0 Å². The van der Waals surface area contributed by atoms with Crippen LogP contribution in [0.1, 0.15) is 11.9 Å². The molecule has 1 aliphatic heterocycles. The monoisotopic (exact) mass is 326 g/mol. The fourth-order valence-electron chi connectivity index (χ4n) is 2.67. The molecule has 5 N–H and O–H groups in total. The summed E-state index contributed by atoms with van der Waals surface area (Å²) in [6.45, 7) is 1.14. The average Bonchev–Trinajstić information content (AvgIpc) is 2.95. The van der Waals surface area contributed by atoms with Crippen LogP contribution in [-0.2, 0) is 4.74 Å². The van der Waals surface area contributed by atoms with Crippen LogP contribution in [0.2, 0.25) is 0 Å². The van der Waals surface area contributed by atoms with Gasteiger partial charge in [-0.2, -0.15) is 0 Å². The topological polar surface area (TPSA) is 154 Å². The predicted octanol–water partition coefficient (Wildman–Crippen LogP) is -2.53. The van der Waals surface area contributed by atoms with Gasteiger partial charge in [0, 0.05) is 0 Å². The Morgan fingerprint density at radius 2 is 1.74 bits per heavy atom. The highest BCUT2D eigenvalue weighted by Crippen LogP contribution is 2.29. The fourth-order valence-corrected chi connectivity index (χ4v) is 2.67. The zero-order valence-electron chi connectivity index (χ0n) is 12.3. The van der Waals surface area contributed by atoms with E-state index in [0.29, 0.717) is 16.9 Å². The lowest BCUT2D eigenvalue weighted by molar-refractivity contribution is -0.149. The number of hydrogen-bond acceptors (Lipinski definition) is 9. The van der Waals surface area contributed by atoms with Gasteiger partial charge in [-0.3, -0.25) is 4.57 Å². The summed E-state index contributed by atoms with van der Waals surface area (Å²) in [4.78, 5) is 12.2. The Kier molecular flexibility index (Phi) is 4.27. The van der Waals surface area contributed by atoms with Crippen molar-refractivity contribution in [2.45, 2.75) is 43.7 Å². The predicted molar refractivity (Wildman–Crippen MR) is 75.1 cm³/mol. The molecule has 0 bridgehead atoms. The van der Waals surface area contributed by atoms with E-state index in [1.165, 1.54) is 17.2 Å². The van der Waals surface area contributed by atoms with Crippen LogP contribution in [0.3, 0.4) is 0 Å². The Morgan fingerprint density at radius 3 is 2.43 bits per heavy atom. The molecule has 3 heterocycles. The van der Waals surface area contributed by atoms with Crippen LogP contribution in [-0.4, -0.2) is 82.2 Å². The van der Waals surface area contributed by atoms with Crippen molar-refractivity contribution >= 4 is 11.2 Å². The fraction of sp³-hybridized carbons (Fsp3) is 0.615. The molecule has 6 atom stereocenters. The molecule has 2 aromatic rings. The maximum absolute atomic E-state index is 10.3. The Bertz CT molecular complexity index is 692. The second-order valence-corrected chi connectivity index (χ2v) is 5.49. The van der Waals surface area contributed by atoms with Crippen molar-refractivity contribution in [3.63, 3.8) is 0 Å². The molecule has 0 unspecified atom stereocenters.